The third-order valence-corrected chi connectivity index (χ3v) is 6.13. The van der Waals surface area contributed by atoms with E-state index in [0.29, 0.717) is 47.8 Å². The second kappa shape index (κ2) is 10.7. The van der Waals surface area contributed by atoms with Crippen molar-refractivity contribution >= 4 is 27.7 Å². The first-order valence-electron chi connectivity index (χ1n) is 11.0. The van der Waals surface area contributed by atoms with E-state index in [1.54, 1.807) is 37.4 Å². The molecular formula is C27H25BrO5. The molecule has 2 aliphatic heterocycles. The molecule has 0 saturated heterocycles. The zero-order valence-electron chi connectivity index (χ0n) is 18.4. The molecule has 0 fully saturated rings. The molecule has 2 aliphatic rings. The highest BCUT2D eigenvalue weighted by Crippen LogP contribution is 2.38. The number of Topliss-reactive ketones (excluding diaryl/α,β-unsaturated/α-hetero) is 1. The number of aryl methyl sites for hydroxylation is 2. The second-order valence-electron chi connectivity index (χ2n) is 8.01. The summed E-state index contributed by atoms with van der Waals surface area (Å²) in [5, 5.41) is 0. The van der Waals surface area contributed by atoms with Crippen LogP contribution in [0, 0.1) is 0 Å². The van der Waals surface area contributed by atoms with Crippen LogP contribution in [-0.2, 0) is 17.6 Å². The van der Waals surface area contributed by atoms with Crippen LogP contribution in [0.5, 0.6) is 23.0 Å². The first kappa shape index (κ1) is 23.1. The molecule has 0 saturated carbocycles. The lowest BCUT2D eigenvalue weighted by molar-refractivity contribution is -0.119. The van der Waals surface area contributed by atoms with Crippen molar-refractivity contribution in [2.24, 2.45) is 0 Å². The number of rotatable bonds is 3. The number of carbonyl (C=O) groups is 2. The monoisotopic (exact) mass is 508 g/mol. The van der Waals surface area contributed by atoms with Crippen LogP contribution in [0.3, 0.4) is 0 Å². The Kier molecular flexibility index (Phi) is 7.45. The van der Waals surface area contributed by atoms with Gasteiger partial charge in [0, 0.05) is 17.3 Å². The van der Waals surface area contributed by atoms with Crippen molar-refractivity contribution in [2.75, 3.05) is 7.11 Å². The molecule has 3 aromatic rings. The SMILES string of the molecule is COc1cc2ccc1Oc1cc(ccc1OC(=O)c1ccc(Br)cc1)CCC(=O)CCCC2. The van der Waals surface area contributed by atoms with E-state index >= 15 is 0 Å². The molecule has 0 aromatic heterocycles. The minimum Gasteiger partial charge on any atom is -0.493 e. The molecule has 0 aliphatic carbocycles. The average molecular weight is 509 g/mol. The standard InChI is InChI=1S/C27H25BrO5/c1-31-25-16-18-4-2-3-5-22(29)13-6-19-8-15-24(26(17-19)32-23(25)14-7-18)33-27(30)20-9-11-21(28)12-10-20/h7-12,14-17H,2-6,13H2,1H3. The number of ether oxygens (including phenoxy) is 3. The first-order valence-corrected chi connectivity index (χ1v) is 11.8. The molecule has 3 aromatic carbocycles. The first-order chi connectivity index (χ1) is 16.0. The number of carbonyl (C=O) groups excluding carboxylic acids is 2. The fourth-order valence-corrected chi connectivity index (χ4v) is 4.01. The van der Waals surface area contributed by atoms with Crippen molar-refractivity contribution in [3.05, 3.63) is 81.8 Å². The lowest BCUT2D eigenvalue weighted by Gasteiger charge is -2.15. The van der Waals surface area contributed by atoms with Crippen LogP contribution in [0.25, 0.3) is 0 Å². The molecule has 0 N–H and O–H groups in total. The van der Waals surface area contributed by atoms with Gasteiger partial charge in [-0.3, -0.25) is 4.79 Å². The van der Waals surface area contributed by atoms with Gasteiger partial charge >= 0.3 is 5.97 Å². The van der Waals surface area contributed by atoms with Crippen LogP contribution in [-0.4, -0.2) is 18.9 Å². The second-order valence-corrected chi connectivity index (χ2v) is 8.93. The van der Waals surface area contributed by atoms with Crippen molar-refractivity contribution in [2.45, 2.75) is 38.5 Å². The van der Waals surface area contributed by atoms with Crippen molar-refractivity contribution in [1.29, 1.82) is 0 Å². The van der Waals surface area contributed by atoms with E-state index in [1.165, 1.54) is 0 Å². The van der Waals surface area contributed by atoms with Crippen molar-refractivity contribution in [3.8, 4) is 23.0 Å². The Morgan fingerprint density at radius 3 is 2.33 bits per heavy atom. The Bertz CT molecular complexity index is 1150. The number of methoxy groups -OCH3 is 1. The molecule has 0 amide bonds. The minimum atomic E-state index is -0.483. The van der Waals surface area contributed by atoms with E-state index in [4.69, 9.17) is 14.2 Å². The number of ketones is 1. The van der Waals surface area contributed by atoms with E-state index < -0.39 is 5.97 Å². The summed E-state index contributed by atoms with van der Waals surface area (Å²) >= 11 is 3.37. The summed E-state index contributed by atoms with van der Waals surface area (Å²) in [5.74, 6) is 1.60. The van der Waals surface area contributed by atoms with Gasteiger partial charge in [-0.15, -0.1) is 0 Å². The Morgan fingerprint density at radius 2 is 1.55 bits per heavy atom. The van der Waals surface area contributed by atoms with Gasteiger partial charge < -0.3 is 14.2 Å². The molecule has 2 heterocycles. The Morgan fingerprint density at radius 1 is 0.818 bits per heavy atom. The molecule has 4 bridgehead atoms. The average Bonchev–Trinajstić information content (AvgIpc) is 2.83. The molecule has 0 atom stereocenters. The largest absolute Gasteiger partial charge is 0.493 e. The van der Waals surface area contributed by atoms with Gasteiger partial charge in [-0.05, 0) is 85.3 Å². The van der Waals surface area contributed by atoms with Crippen LogP contribution >= 0.6 is 15.9 Å². The predicted octanol–water partition coefficient (Wildman–Crippen LogP) is 6.70. The van der Waals surface area contributed by atoms with Crippen LogP contribution < -0.4 is 14.2 Å². The van der Waals surface area contributed by atoms with Gasteiger partial charge in [0.15, 0.2) is 23.0 Å². The Hall–Kier alpha value is -3.12. The lowest BCUT2D eigenvalue weighted by atomic mass is 10.0. The highest BCUT2D eigenvalue weighted by molar-refractivity contribution is 9.10. The smallest absolute Gasteiger partial charge is 0.343 e. The third-order valence-electron chi connectivity index (χ3n) is 5.60. The highest BCUT2D eigenvalue weighted by atomic mass is 79.9. The Labute approximate surface area is 201 Å². The van der Waals surface area contributed by atoms with E-state index in [2.05, 4.69) is 15.9 Å². The van der Waals surface area contributed by atoms with Gasteiger partial charge in [0.2, 0.25) is 0 Å². The molecule has 6 heteroatoms. The molecule has 0 unspecified atom stereocenters. The van der Waals surface area contributed by atoms with Crippen molar-refractivity contribution < 1.29 is 23.8 Å². The van der Waals surface area contributed by atoms with Gasteiger partial charge in [-0.25, -0.2) is 4.79 Å². The summed E-state index contributed by atoms with van der Waals surface area (Å²) < 4.78 is 18.3. The lowest BCUT2D eigenvalue weighted by Crippen LogP contribution is -2.09. The van der Waals surface area contributed by atoms with Crippen molar-refractivity contribution in [3.63, 3.8) is 0 Å². The molecule has 0 radical (unpaired) electrons. The van der Waals surface area contributed by atoms with E-state index in [1.807, 2.05) is 30.3 Å². The van der Waals surface area contributed by atoms with E-state index in [9.17, 15) is 9.59 Å². The Balaban J connectivity index is 1.68. The minimum absolute atomic E-state index is 0.255. The number of benzene rings is 3. The maximum Gasteiger partial charge on any atom is 0.343 e. The third kappa shape index (κ3) is 6.02. The van der Waals surface area contributed by atoms with Gasteiger partial charge in [-0.1, -0.05) is 28.1 Å². The summed E-state index contributed by atoms with van der Waals surface area (Å²) in [6, 6.07) is 18.2. The molecular weight excluding hydrogens is 484 g/mol. The van der Waals surface area contributed by atoms with Gasteiger partial charge in [0.05, 0.1) is 12.7 Å². The molecule has 5 rings (SSSR count). The number of esters is 1. The number of hydrogen-bond acceptors (Lipinski definition) is 5. The zero-order chi connectivity index (χ0) is 23.2. The fourth-order valence-electron chi connectivity index (χ4n) is 3.75. The summed E-state index contributed by atoms with van der Waals surface area (Å²) in [5.41, 5.74) is 2.49. The van der Waals surface area contributed by atoms with Crippen LogP contribution in [0.2, 0.25) is 0 Å². The number of fused-ring (bicyclic) bond motifs is 8. The highest BCUT2D eigenvalue weighted by Gasteiger charge is 2.17. The van der Waals surface area contributed by atoms with E-state index in [-0.39, 0.29) is 5.78 Å². The number of hydrogen-bond donors (Lipinski definition) is 0. The summed E-state index contributed by atoms with van der Waals surface area (Å²) in [6.45, 7) is 0. The van der Waals surface area contributed by atoms with Crippen LogP contribution in [0.15, 0.2) is 65.1 Å². The molecule has 5 nitrogen and oxygen atoms in total. The molecule has 170 valence electrons. The summed E-state index contributed by atoms with van der Waals surface area (Å²) in [4.78, 5) is 25.0. The van der Waals surface area contributed by atoms with Crippen LogP contribution in [0.1, 0.15) is 47.2 Å². The number of halogens is 1. The quantitative estimate of drug-likeness (QED) is 0.291. The van der Waals surface area contributed by atoms with Crippen LogP contribution in [0.4, 0.5) is 0 Å². The maximum atomic E-state index is 12.7. The van der Waals surface area contributed by atoms with Gasteiger partial charge in [-0.2, -0.15) is 0 Å². The predicted molar refractivity (Wildman–Crippen MR) is 129 cm³/mol. The normalized spacial score (nSPS) is 14.1. The molecule has 0 spiro atoms. The molecule has 33 heavy (non-hydrogen) atoms. The van der Waals surface area contributed by atoms with Gasteiger partial charge in [0.25, 0.3) is 0 Å². The van der Waals surface area contributed by atoms with Gasteiger partial charge in [0.1, 0.15) is 5.78 Å². The fraction of sp³-hybridized carbons (Fsp3) is 0.259. The van der Waals surface area contributed by atoms with E-state index in [0.717, 1.165) is 34.9 Å². The maximum absolute atomic E-state index is 12.7. The zero-order valence-corrected chi connectivity index (χ0v) is 20.0. The summed E-state index contributed by atoms with van der Waals surface area (Å²) in [7, 11) is 1.60. The summed E-state index contributed by atoms with van der Waals surface area (Å²) in [6.07, 6.45) is 4.35. The van der Waals surface area contributed by atoms with Crippen molar-refractivity contribution in [1.82, 2.24) is 0 Å². The topological polar surface area (TPSA) is 61.8 Å².